The van der Waals surface area contributed by atoms with Crippen LogP contribution < -0.4 is 10.6 Å². The number of amides is 2. The zero-order chi connectivity index (χ0) is 17.7. The SMILES string of the molecule is CC(C)(C)OC(=O)NCC1CCC(NC(=O)OC(C)(C)C)CC1. The molecule has 134 valence electrons. The molecule has 1 rings (SSSR count). The highest BCUT2D eigenvalue weighted by Gasteiger charge is 2.25. The van der Waals surface area contributed by atoms with E-state index in [1.807, 2.05) is 41.5 Å². The van der Waals surface area contributed by atoms with E-state index in [0.29, 0.717) is 12.5 Å². The number of ether oxygens (including phenoxy) is 2. The second-order valence-corrected chi connectivity index (χ2v) is 8.25. The Morgan fingerprint density at radius 2 is 1.35 bits per heavy atom. The smallest absolute Gasteiger partial charge is 0.407 e. The van der Waals surface area contributed by atoms with E-state index in [1.54, 1.807) is 0 Å². The predicted molar refractivity (Wildman–Crippen MR) is 89.4 cm³/mol. The lowest BCUT2D eigenvalue weighted by Crippen LogP contribution is -2.42. The van der Waals surface area contributed by atoms with Crippen molar-refractivity contribution < 1.29 is 19.1 Å². The zero-order valence-corrected chi connectivity index (χ0v) is 15.3. The Morgan fingerprint density at radius 1 is 0.870 bits per heavy atom. The summed E-state index contributed by atoms with van der Waals surface area (Å²) in [5, 5.41) is 5.74. The van der Waals surface area contributed by atoms with Crippen LogP contribution in [0.1, 0.15) is 67.2 Å². The van der Waals surface area contributed by atoms with Crippen LogP contribution in [-0.4, -0.2) is 36.0 Å². The molecule has 6 heteroatoms. The van der Waals surface area contributed by atoms with Crippen LogP contribution in [0.25, 0.3) is 0 Å². The molecule has 0 spiro atoms. The molecule has 2 amide bonds. The van der Waals surface area contributed by atoms with Crippen LogP contribution in [0.15, 0.2) is 0 Å². The summed E-state index contributed by atoms with van der Waals surface area (Å²) in [6, 6.07) is 0.155. The molecule has 0 radical (unpaired) electrons. The van der Waals surface area contributed by atoms with Gasteiger partial charge >= 0.3 is 12.2 Å². The quantitative estimate of drug-likeness (QED) is 0.830. The van der Waals surface area contributed by atoms with Crippen LogP contribution in [0.4, 0.5) is 9.59 Å². The highest BCUT2D eigenvalue weighted by molar-refractivity contribution is 5.68. The van der Waals surface area contributed by atoms with Gasteiger partial charge in [0.15, 0.2) is 0 Å². The maximum Gasteiger partial charge on any atom is 0.407 e. The molecule has 0 aromatic carbocycles. The summed E-state index contributed by atoms with van der Waals surface area (Å²) in [5.41, 5.74) is -0.947. The number of nitrogens with one attached hydrogen (secondary N) is 2. The third kappa shape index (κ3) is 9.31. The van der Waals surface area contributed by atoms with Gasteiger partial charge in [-0.25, -0.2) is 9.59 Å². The third-order valence-electron chi connectivity index (χ3n) is 3.50. The van der Waals surface area contributed by atoms with Crippen LogP contribution in [0, 0.1) is 5.92 Å². The highest BCUT2D eigenvalue weighted by Crippen LogP contribution is 2.24. The normalized spacial score (nSPS) is 22.2. The summed E-state index contributed by atoms with van der Waals surface area (Å²) in [7, 11) is 0. The fourth-order valence-corrected chi connectivity index (χ4v) is 2.53. The molecule has 23 heavy (non-hydrogen) atoms. The van der Waals surface area contributed by atoms with Crippen molar-refractivity contribution in [2.24, 2.45) is 5.92 Å². The van der Waals surface area contributed by atoms with E-state index in [-0.39, 0.29) is 18.2 Å². The van der Waals surface area contributed by atoms with Crippen molar-refractivity contribution in [3.63, 3.8) is 0 Å². The third-order valence-corrected chi connectivity index (χ3v) is 3.50. The second-order valence-electron chi connectivity index (χ2n) is 8.25. The monoisotopic (exact) mass is 328 g/mol. The number of carbonyl (C=O) groups is 2. The molecule has 0 saturated heterocycles. The van der Waals surface area contributed by atoms with E-state index in [4.69, 9.17) is 9.47 Å². The van der Waals surface area contributed by atoms with Crippen molar-refractivity contribution >= 4 is 12.2 Å². The van der Waals surface area contributed by atoms with Crippen LogP contribution in [0.3, 0.4) is 0 Å². The summed E-state index contributed by atoms with van der Waals surface area (Å²) >= 11 is 0. The molecular formula is C17H32N2O4. The van der Waals surface area contributed by atoms with Gasteiger partial charge in [-0.15, -0.1) is 0 Å². The fourth-order valence-electron chi connectivity index (χ4n) is 2.53. The lowest BCUT2D eigenvalue weighted by Gasteiger charge is -2.30. The van der Waals surface area contributed by atoms with E-state index in [2.05, 4.69) is 10.6 Å². The lowest BCUT2D eigenvalue weighted by atomic mass is 9.86. The topological polar surface area (TPSA) is 76.7 Å². The molecule has 0 aromatic heterocycles. The number of hydrogen-bond acceptors (Lipinski definition) is 4. The van der Waals surface area contributed by atoms with Gasteiger partial charge in [-0.05, 0) is 73.1 Å². The molecule has 1 fully saturated rings. The van der Waals surface area contributed by atoms with Crippen LogP contribution in [0.5, 0.6) is 0 Å². The highest BCUT2D eigenvalue weighted by atomic mass is 16.6. The van der Waals surface area contributed by atoms with Gasteiger partial charge in [-0.2, -0.15) is 0 Å². The van der Waals surface area contributed by atoms with Gasteiger partial charge in [-0.1, -0.05) is 0 Å². The van der Waals surface area contributed by atoms with E-state index >= 15 is 0 Å². The van der Waals surface area contributed by atoms with Gasteiger partial charge in [0.25, 0.3) is 0 Å². The standard InChI is InChI=1S/C17H32N2O4/c1-16(2,3)22-14(20)18-11-12-7-9-13(10-8-12)19-15(21)23-17(4,5)6/h12-13H,7-11H2,1-6H3,(H,18,20)(H,19,21). The molecule has 1 aliphatic rings. The minimum Gasteiger partial charge on any atom is -0.444 e. The lowest BCUT2D eigenvalue weighted by molar-refractivity contribution is 0.0485. The second kappa shape index (κ2) is 7.88. The first-order valence-electron chi connectivity index (χ1n) is 8.41. The predicted octanol–water partition coefficient (Wildman–Crippen LogP) is 3.59. The molecule has 0 unspecified atom stereocenters. The molecule has 1 aliphatic carbocycles. The maximum absolute atomic E-state index is 11.7. The summed E-state index contributed by atoms with van der Waals surface area (Å²) in [4.78, 5) is 23.4. The molecule has 0 atom stereocenters. The first kappa shape index (κ1) is 19.6. The zero-order valence-electron chi connectivity index (χ0n) is 15.3. The van der Waals surface area contributed by atoms with Gasteiger partial charge < -0.3 is 20.1 Å². The number of hydrogen-bond donors (Lipinski definition) is 2. The molecule has 2 N–H and O–H groups in total. The van der Waals surface area contributed by atoms with E-state index in [1.165, 1.54) is 0 Å². The Morgan fingerprint density at radius 3 is 1.83 bits per heavy atom. The first-order chi connectivity index (χ1) is 10.4. The Hall–Kier alpha value is -1.46. The molecule has 0 aliphatic heterocycles. The van der Waals surface area contributed by atoms with Gasteiger partial charge in [0.1, 0.15) is 11.2 Å². The summed E-state index contributed by atoms with van der Waals surface area (Å²) < 4.78 is 10.5. The summed E-state index contributed by atoms with van der Waals surface area (Å²) in [5.74, 6) is 0.430. The number of rotatable bonds is 3. The van der Waals surface area contributed by atoms with Crippen molar-refractivity contribution in [2.75, 3.05) is 6.54 Å². The summed E-state index contributed by atoms with van der Waals surface area (Å²) in [6.07, 6.45) is 3.02. The van der Waals surface area contributed by atoms with Gasteiger partial charge in [0.2, 0.25) is 0 Å². The van der Waals surface area contributed by atoms with Crippen LogP contribution >= 0.6 is 0 Å². The largest absolute Gasteiger partial charge is 0.444 e. The van der Waals surface area contributed by atoms with Crippen LogP contribution in [-0.2, 0) is 9.47 Å². The van der Waals surface area contributed by atoms with Gasteiger partial charge in [0, 0.05) is 12.6 Å². The van der Waals surface area contributed by atoms with Crippen molar-refractivity contribution in [1.29, 1.82) is 0 Å². The van der Waals surface area contributed by atoms with Crippen LogP contribution in [0.2, 0.25) is 0 Å². The van der Waals surface area contributed by atoms with Gasteiger partial charge in [0.05, 0.1) is 0 Å². The van der Waals surface area contributed by atoms with Crippen molar-refractivity contribution in [1.82, 2.24) is 10.6 Å². The average molecular weight is 328 g/mol. The minimum atomic E-state index is -0.474. The van der Waals surface area contributed by atoms with Gasteiger partial charge in [-0.3, -0.25) is 0 Å². The summed E-state index contributed by atoms with van der Waals surface area (Å²) in [6.45, 7) is 11.7. The Kier molecular flexibility index (Phi) is 6.71. The van der Waals surface area contributed by atoms with Crippen molar-refractivity contribution in [2.45, 2.75) is 84.5 Å². The molecular weight excluding hydrogens is 296 g/mol. The Balaban J connectivity index is 2.23. The molecule has 0 heterocycles. The fraction of sp³-hybridized carbons (Fsp3) is 0.882. The Labute approximate surface area is 139 Å². The van der Waals surface area contributed by atoms with E-state index in [0.717, 1.165) is 25.7 Å². The number of carbonyl (C=O) groups excluding carboxylic acids is 2. The molecule has 1 saturated carbocycles. The van der Waals surface area contributed by atoms with E-state index < -0.39 is 11.2 Å². The maximum atomic E-state index is 11.7. The Bertz CT molecular complexity index is 402. The minimum absolute atomic E-state index is 0.155. The van der Waals surface area contributed by atoms with E-state index in [9.17, 15) is 9.59 Å². The van der Waals surface area contributed by atoms with Crippen molar-refractivity contribution in [3.05, 3.63) is 0 Å². The molecule has 6 nitrogen and oxygen atoms in total. The first-order valence-corrected chi connectivity index (χ1v) is 8.41. The average Bonchev–Trinajstić information content (AvgIpc) is 2.33. The molecule has 0 bridgehead atoms. The number of alkyl carbamates (subject to hydrolysis) is 2. The molecule has 0 aromatic rings. The van der Waals surface area contributed by atoms with Crippen molar-refractivity contribution in [3.8, 4) is 0 Å².